The minimum atomic E-state index is -0.469. The summed E-state index contributed by atoms with van der Waals surface area (Å²) in [5, 5.41) is 3.30. The van der Waals surface area contributed by atoms with Crippen LogP contribution in [0.15, 0.2) is 42.5 Å². The molecule has 0 amide bonds. The molecule has 2 heterocycles. The Kier molecular flexibility index (Phi) is 3.46. The van der Waals surface area contributed by atoms with Crippen LogP contribution in [0.5, 0.6) is 0 Å². The van der Waals surface area contributed by atoms with Crippen molar-refractivity contribution in [2.24, 2.45) is 0 Å². The fraction of sp³-hybridized carbons (Fsp3) is 0.333. The molecule has 22 heavy (non-hydrogen) atoms. The maximum Gasteiger partial charge on any atom is 0.131 e. The molecule has 2 aliphatic rings. The van der Waals surface area contributed by atoms with Gasteiger partial charge >= 0.3 is 0 Å². The summed E-state index contributed by atoms with van der Waals surface area (Å²) >= 11 is 1.79. The number of hydrogen-bond donors (Lipinski definition) is 1. The first-order valence-corrected chi connectivity index (χ1v) is 8.50. The fourth-order valence-corrected chi connectivity index (χ4v) is 5.49. The van der Waals surface area contributed by atoms with Crippen LogP contribution < -0.4 is 5.32 Å². The van der Waals surface area contributed by atoms with Crippen molar-refractivity contribution < 1.29 is 8.78 Å². The molecule has 1 fully saturated rings. The second-order valence-corrected chi connectivity index (χ2v) is 7.49. The molecule has 2 aliphatic heterocycles. The normalized spacial score (nSPS) is 22.7. The van der Waals surface area contributed by atoms with Crippen molar-refractivity contribution in [1.82, 2.24) is 5.32 Å². The van der Waals surface area contributed by atoms with Crippen molar-refractivity contribution in [3.05, 3.63) is 70.8 Å². The number of rotatable bonds is 1. The molecule has 0 radical (unpaired) electrons. The highest BCUT2D eigenvalue weighted by Crippen LogP contribution is 2.61. The lowest BCUT2D eigenvalue weighted by molar-refractivity contribution is 0.424. The summed E-state index contributed by atoms with van der Waals surface area (Å²) < 4.78 is 28.2. The average molecular weight is 317 g/mol. The molecule has 0 aliphatic carbocycles. The highest BCUT2D eigenvalue weighted by Gasteiger charge is 2.47. The minimum Gasteiger partial charge on any atom is -0.317 e. The van der Waals surface area contributed by atoms with Crippen LogP contribution in [0.4, 0.5) is 8.78 Å². The van der Waals surface area contributed by atoms with E-state index in [9.17, 15) is 8.78 Å². The molecule has 1 unspecified atom stereocenters. The number of benzene rings is 2. The first-order valence-electron chi connectivity index (χ1n) is 7.62. The number of nitrogens with one attached hydrogen (secondary N) is 1. The second-order valence-electron chi connectivity index (χ2n) is 6.00. The quantitative estimate of drug-likeness (QED) is 0.838. The smallest absolute Gasteiger partial charge is 0.131 e. The molecule has 1 nitrogen and oxygen atoms in total. The van der Waals surface area contributed by atoms with E-state index in [-0.39, 0.29) is 10.00 Å². The zero-order valence-electron chi connectivity index (χ0n) is 12.1. The molecule has 1 spiro atoms. The number of halogens is 2. The zero-order valence-corrected chi connectivity index (χ0v) is 12.9. The van der Waals surface area contributed by atoms with Crippen LogP contribution >= 0.6 is 11.8 Å². The van der Waals surface area contributed by atoms with Gasteiger partial charge in [0.1, 0.15) is 11.6 Å². The average Bonchev–Trinajstić information content (AvgIpc) is 2.84. The maximum atomic E-state index is 14.6. The highest BCUT2D eigenvalue weighted by molar-refractivity contribution is 8.01. The van der Waals surface area contributed by atoms with Crippen molar-refractivity contribution in [1.29, 1.82) is 0 Å². The first-order chi connectivity index (χ1) is 10.7. The molecule has 114 valence electrons. The van der Waals surface area contributed by atoms with Gasteiger partial charge in [-0.15, -0.1) is 11.8 Å². The van der Waals surface area contributed by atoms with Crippen molar-refractivity contribution in [3.8, 4) is 0 Å². The Morgan fingerprint density at radius 2 is 1.77 bits per heavy atom. The Bertz CT molecular complexity index is 696. The van der Waals surface area contributed by atoms with E-state index in [1.165, 1.54) is 0 Å². The van der Waals surface area contributed by atoms with Gasteiger partial charge in [0.05, 0.1) is 5.25 Å². The van der Waals surface area contributed by atoms with E-state index in [4.69, 9.17) is 0 Å². The molecule has 4 heteroatoms. The predicted molar refractivity (Wildman–Crippen MR) is 86.0 cm³/mol. The number of thioether (sulfide) groups is 1. The second kappa shape index (κ2) is 5.36. The fourth-order valence-electron chi connectivity index (χ4n) is 3.66. The van der Waals surface area contributed by atoms with Gasteiger partial charge in [0.15, 0.2) is 0 Å². The first kappa shape index (κ1) is 14.2. The Hall–Kier alpha value is -1.39. The van der Waals surface area contributed by atoms with Crippen molar-refractivity contribution >= 4 is 11.8 Å². The van der Waals surface area contributed by atoms with Gasteiger partial charge in [-0.1, -0.05) is 30.3 Å². The molecule has 1 N–H and O–H groups in total. The molecule has 1 atom stereocenters. The lowest BCUT2D eigenvalue weighted by Crippen LogP contribution is -2.36. The van der Waals surface area contributed by atoms with Crippen LogP contribution in [0.2, 0.25) is 0 Å². The third kappa shape index (κ3) is 2.17. The highest BCUT2D eigenvalue weighted by atomic mass is 32.2. The summed E-state index contributed by atoms with van der Waals surface area (Å²) in [4.78, 5) is 0. The van der Waals surface area contributed by atoms with Gasteiger partial charge in [-0.3, -0.25) is 0 Å². The SMILES string of the molecule is Fc1cc(F)c2c(c1)C1(CCNCC1)SC2c1ccccc1. The van der Waals surface area contributed by atoms with Gasteiger partial charge in [0.25, 0.3) is 0 Å². The van der Waals surface area contributed by atoms with Crippen LogP contribution in [0, 0.1) is 11.6 Å². The van der Waals surface area contributed by atoms with Crippen LogP contribution in [0.3, 0.4) is 0 Å². The van der Waals surface area contributed by atoms with Gasteiger partial charge in [0, 0.05) is 16.4 Å². The van der Waals surface area contributed by atoms with E-state index in [1.807, 2.05) is 30.3 Å². The monoisotopic (exact) mass is 317 g/mol. The Morgan fingerprint density at radius 1 is 1.05 bits per heavy atom. The summed E-state index contributed by atoms with van der Waals surface area (Å²) in [5.41, 5.74) is 2.64. The van der Waals surface area contributed by atoms with E-state index in [1.54, 1.807) is 17.8 Å². The standard InChI is InChI=1S/C18H17F2NS/c19-13-10-14-16(15(20)11-13)17(12-4-2-1-3-5-12)22-18(14)6-8-21-9-7-18/h1-5,10-11,17,21H,6-9H2. The molecule has 4 rings (SSSR count). The van der Waals surface area contributed by atoms with Crippen LogP contribution in [0.25, 0.3) is 0 Å². The van der Waals surface area contributed by atoms with Gasteiger partial charge in [-0.25, -0.2) is 8.78 Å². The van der Waals surface area contributed by atoms with Crippen LogP contribution in [0.1, 0.15) is 34.8 Å². The Morgan fingerprint density at radius 3 is 2.50 bits per heavy atom. The molecule has 0 saturated carbocycles. The summed E-state index contributed by atoms with van der Waals surface area (Å²) in [7, 11) is 0. The molecular formula is C18H17F2NS. The van der Waals surface area contributed by atoms with Gasteiger partial charge in [0.2, 0.25) is 0 Å². The number of hydrogen-bond acceptors (Lipinski definition) is 2. The van der Waals surface area contributed by atoms with E-state index >= 15 is 0 Å². The van der Waals surface area contributed by atoms with Crippen molar-refractivity contribution in [3.63, 3.8) is 0 Å². The van der Waals surface area contributed by atoms with E-state index in [0.717, 1.165) is 43.1 Å². The number of piperidine rings is 1. The van der Waals surface area contributed by atoms with Crippen LogP contribution in [-0.4, -0.2) is 13.1 Å². The summed E-state index contributed by atoms with van der Waals surface area (Å²) in [5.74, 6) is -0.879. The molecule has 0 aromatic heterocycles. The third-order valence-corrected chi connectivity index (χ3v) is 6.53. The predicted octanol–water partition coefficient (Wildman–Crippen LogP) is 4.38. The van der Waals surface area contributed by atoms with E-state index < -0.39 is 11.6 Å². The number of fused-ring (bicyclic) bond motifs is 2. The molecule has 2 aromatic rings. The van der Waals surface area contributed by atoms with Gasteiger partial charge in [-0.2, -0.15) is 0 Å². The van der Waals surface area contributed by atoms with E-state index in [2.05, 4.69) is 5.32 Å². The summed E-state index contributed by atoms with van der Waals surface area (Å²) in [6, 6.07) is 12.6. The lowest BCUT2D eigenvalue weighted by Gasteiger charge is -2.34. The maximum absolute atomic E-state index is 14.6. The van der Waals surface area contributed by atoms with Crippen molar-refractivity contribution in [2.75, 3.05) is 13.1 Å². The molecular weight excluding hydrogens is 300 g/mol. The Labute approximate surface area is 133 Å². The largest absolute Gasteiger partial charge is 0.317 e. The van der Waals surface area contributed by atoms with E-state index in [0.29, 0.717) is 5.56 Å². The zero-order chi connectivity index (χ0) is 15.2. The molecule has 1 saturated heterocycles. The topological polar surface area (TPSA) is 12.0 Å². The Balaban J connectivity index is 1.89. The van der Waals surface area contributed by atoms with Gasteiger partial charge in [-0.05, 0) is 43.1 Å². The molecule has 2 aromatic carbocycles. The third-order valence-electron chi connectivity index (χ3n) is 4.70. The lowest BCUT2D eigenvalue weighted by atomic mass is 9.84. The minimum absolute atomic E-state index is 0.0464. The summed E-state index contributed by atoms with van der Waals surface area (Å²) in [6.07, 6.45) is 1.83. The van der Waals surface area contributed by atoms with Crippen LogP contribution in [-0.2, 0) is 4.75 Å². The molecule has 0 bridgehead atoms. The van der Waals surface area contributed by atoms with Crippen molar-refractivity contribution in [2.45, 2.75) is 22.8 Å². The van der Waals surface area contributed by atoms with Gasteiger partial charge < -0.3 is 5.32 Å². The summed E-state index contributed by atoms with van der Waals surface area (Å²) in [6.45, 7) is 1.79.